The number of carbonyl (C=O) groups excluding carboxylic acids is 2. The zero-order valence-electron chi connectivity index (χ0n) is 16.0. The van der Waals surface area contributed by atoms with Crippen molar-refractivity contribution >= 4 is 23.5 Å². The van der Waals surface area contributed by atoms with E-state index in [0.717, 1.165) is 64.2 Å². The van der Waals surface area contributed by atoms with Crippen molar-refractivity contribution in [2.45, 2.75) is 46.3 Å². The Balaban J connectivity index is 1.97. The molecule has 0 aliphatic rings. The Kier molecular flexibility index (Phi) is 5.87. The van der Waals surface area contributed by atoms with Crippen LogP contribution in [0.25, 0.3) is 22.1 Å². The first-order chi connectivity index (χ1) is 13.1. The fourth-order valence-electron chi connectivity index (χ4n) is 3.61. The molecule has 0 spiro atoms. The smallest absolute Gasteiger partial charge is 0.153 e. The molecule has 0 saturated heterocycles. The largest absolute Gasteiger partial charge is 0.464 e. The lowest BCUT2D eigenvalue weighted by Crippen LogP contribution is -2.13. The van der Waals surface area contributed by atoms with Crippen LogP contribution in [0.1, 0.15) is 46.8 Å². The molecule has 1 heterocycles. The highest BCUT2D eigenvalue weighted by molar-refractivity contribution is 6.01. The third-order valence-corrected chi connectivity index (χ3v) is 4.87. The average Bonchev–Trinajstić information content (AvgIpc) is 3.08. The highest BCUT2D eigenvalue weighted by atomic mass is 16.5. The van der Waals surface area contributed by atoms with Crippen LogP contribution in [0.5, 0.6) is 0 Å². The lowest BCUT2D eigenvalue weighted by atomic mass is 9.91. The van der Waals surface area contributed by atoms with Crippen molar-refractivity contribution in [2.24, 2.45) is 0 Å². The summed E-state index contributed by atoms with van der Waals surface area (Å²) in [6, 6.07) is 10.1. The Hall–Kier alpha value is -2.72. The number of ether oxygens (including phenoxy) is 1. The molecule has 0 fully saturated rings. The molecule has 0 bridgehead atoms. The molecule has 2 aromatic carbocycles. The highest BCUT2D eigenvalue weighted by Gasteiger charge is 2.16. The van der Waals surface area contributed by atoms with Crippen LogP contribution >= 0.6 is 0 Å². The molecule has 27 heavy (non-hydrogen) atoms. The van der Waals surface area contributed by atoms with Gasteiger partial charge in [0.1, 0.15) is 24.2 Å². The molecule has 3 aromatic rings. The number of rotatable bonds is 8. The predicted molar refractivity (Wildman–Crippen MR) is 106 cm³/mol. The van der Waals surface area contributed by atoms with Crippen LogP contribution in [0.2, 0.25) is 0 Å². The molecule has 0 saturated carbocycles. The van der Waals surface area contributed by atoms with E-state index in [-0.39, 0.29) is 6.10 Å². The van der Waals surface area contributed by atoms with E-state index in [1.165, 1.54) is 6.26 Å². The number of hydrogen-bond acceptors (Lipinski definition) is 4. The Morgan fingerprint density at radius 2 is 2.00 bits per heavy atom. The van der Waals surface area contributed by atoms with E-state index in [2.05, 4.69) is 12.1 Å². The van der Waals surface area contributed by atoms with Crippen molar-refractivity contribution in [1.82, 2.24) is 0 Å². The number of benzene rings is 2. The highest BCUT2D eigenvalue weighted by Crippen LogP contribution is 2.35. The van der Waals surface area contributed by atoms with Crippen LogP contribution in [-0.4, -0.2) is 18.7 Å². The summed E-state index contributed by atoms with van der Waals surface area (Å²) in [7, 11) is 0. The second-order valence-corrected chi connectivity index (χ2v) is 6.85. The van der Waals surface area contributed by atoms with Gasteiger partial charge in [0.15, 0.2) is 6.29 Å². The summed E-state index contributed by atoms with van der Waals surface area (Å²) in [6.07, 6.45) is 4.48. The zero-order chi connectivity index (χ0) is 19.4. The summed E-state index contributed by atoms with van der Waals surface area (Å²) in [6.45, 7) is 6.48. The number of fused-ring (bicyclic) bond motifs is 1. The lowest BCUT2D eigenvalue weighted by molar-refractivity contribution is -0.119. The molecule has 140 valence electrons. The first kappa shape index (κ1) is 19.1. The fraction of sp³-hybridized carbons (Fsp3) is 0.304. The number of hydrogen-bond donors (Lipinski definition) is 0. The van der Waals surface area contributed by atoms with Gasteiger partial charge >= 0.3 is 0 Å². The molecule has 1 unspecified atom stereocenters. The molecule has 4 nitrogen and oxygen atoms in total. The van der Waals surface area contributed by atoms with Gasteiger partial charge in [-0.1, -0.05) is 31.5 Å². The second kappa shape index (κ2) is 8.31. The van der Waals surface area contributed by atoms with Gasteiger partial charge in [0, 0.05) is 5.39 Å². The zero-order valence-corrected chi connectivity index (χ0v) is 16.0. The predicted octanol–water partition coefficient (Wildman–Crippen LogP) is 5.41. The van der Waals surface area contributed by atoms with Crippen molar-refractivity contribution in [3.63, 3.8) is 0 Å². The van der Waals surface area contributed by atoms with E-state index in [4.69, 9.17) is 9.15 Å². The quantitative estimate of drug-likeness (QED) is 0.501. The van der Waals surface area contributed by atoms with Gasteiger partial charge in [-0.3, -0.25) is 4.79 Å². The third kappa shape index (κ3) is 3.86. The molecule has 1 atom stereocenters. The molecular weight excluding hydrogens is 340 g/mol. The summed E-state index contributed by atoms with van der Waals surface area (Å²) in [4.78, 5) is 22.4. The van der Waals surface area contributed by atoms with Gasteiger partial charge in [-0.15, -0.1) is 0 Å². The number of carbonyl (C=O) groups is 2. The van der Waals surface area contributed by atoms with Crippen LogP contribution < -0.4 is 0 Å². The summed E-state index contributed by atoms with van der Waals surface area (Å²) in [5.74, 6) is 0. The van der Waals surface area contributed by atoms with Crippen LogP contribution in [0, 0.1) is 13.8 Å². The molecule has 0 aliphatic heterocycles. The van der Waals surface area contributed by atoms with Gasteiger partial charge < -0.3 is 13.9 Å². The van der Waals surface area contributed by atoms with Gasteiger partial charge in [0.2, 0.25) is 0 Å². The van der Waals surface area contributed by atoms with Gasteiger partial charge in [-0.05, 0) is 60.2 Å². The topological polar surface area (TPSA) is 56.5 Å². The summed E-state index contributed by atoms with van der Waals surface area (Å²) in [5.41, 5.74) is 6.56. The maximum Gasteiger partial charge on any atom is 0.153 e. The molecule has 0 N–H and O–H groups in total. The van der Waals surface area contributed by atoms with Crippen molar-refractivity contribution in [1.29, 1.82) is 0 Å². The minimum Gasteiger partial charge on any atom is -0.464 e. The summed E-state index contributed by atoms with van der Waals surface area (Å²) < 4.78 is 11.3. The van der Waals surface area contributed by atoms with Crippen molar-refractivity contribution in [2.75, 3.05) is 0 Å². The molecule has 0 radical (unpaired) electrons. The summed E-state index contributed by atoms with van der Waals surface area (Å²) in [5, 5.41) is 0.858. The normalized spacial score (nSPS) is 12.3. The Bertz CT molecular complexity index is 968. The third-order valence-electron chi connectivity index (χ3n) is 4.87. The molecule has 0 amide bonds. The Labute approximate surface area is 159 Å². The Morgan fingerprint density at radius 1 is 1.19 bits per heavy atom. The maximum absolute atomic E-state index is 11.3. The van der Waals surface area contributed by atoms with Crippen molar-refractivity contribution in [3.8, 4) is 11.1 Å². The molecule has 0 aliphatic carbocycles. The Morgan fingerprint density at radius 3 is 2.70 bits per heavy atom. The summed E-state index contributed by atoms with van der Waals surface area (Å²) >= 11 is 0. The van der Waals surface area contributed by atoms with Crippen LogP contribution in [-0.2, 0) is 16.1 Å². The van der Waals surface area contributed by atoms with E-state index in [1.54, 1.807) is 0 Å². The van der Waals surface area contributed by atoms with Crippen molar-refractivity contribution < 1.29 is 18.7 Å². The minimum atomic E-state index is -0.362. The number of aryl methyl sites for hydroxylation is 2. The van der Waals surface area contributed by atoms with E-state index >= 15 is 0 Å². The van der Waals surface area contributed by atoms with Crippen molar-refractivity contribution in [3.05, 3.63) is 58.8 Å². The fourth-order valence-corrected chi connectivity index (χ4v) is 3.61. The van der Waals surface area contributed by atoms with Gasteiger partial charge in [0.25, 0.3) is 0 Å². The maximum atomic E-state index is 11.3. The van der Waals surface area contributed by atoms with Gasteiger partial charge in [0.05, 0.1) is 12.2 Å². The molecule has 3 rings (SSSR count). The van der Waals surface area contributed by atoms with E-state index < -0.39 is 0 Å². The van der Waals surface area contributed by atoms with E-state index in [1.807, 2.05) is 39.0 Å². The standard InChI is InChI=1S/C23H24O4/c1-4-6-20(12-25)26-13-17-7-5-8-18(10-17)22-15(2)9-21-23(16(22)3)19(11-24)14-27-21/h5,7-12,14,20H,4,6,13H2,1-3H3. The van der Waals surface area contributed by atoms with Crippen LogP contribution in [0.3, 0.4) is 0 Å². The van der Waals surface area contributed by atoms with E-state index in [9.17, 15) is 9.59 Å². The molecule has 1 aromatic heterocycles. The number of aldehydes is 2. The first-order valence-corrected chi connectivity index (χ1v) is 9.21. The lowest BCUT2D eigenvalue weighted by Gasteiger charge is -2.14. The molecule has 4 heteroatoms. The molecular formula is C23H24O4. The van der Waals surface area contributed by atoms with Crippen LogP contribution in [0.15, 0.2) is 41.0 Å². The van der Waals surface area contributed by atoms with Crippen LogP contribution in [0.4, 0.5) is 0 Å². The first-order valence-electron chi connectivity index (χ1n) is 9.21. The van der Waals surface area contributed by atoms with Gasteiger partial charge in [-0.2, -0.15) is 0 Å². The second-order valence-electron chi connectivity index (χ2n) is 6.85. The van der Waals surface area contributed by atoms with E-state index in [0.29, 0.717) is 12.2 Å². The van der Waals surface area contributed by atoms with Gasteiger partial charge in [-0.25, -0.2) is 0 Å². The monoisotopic (exact) mass is 364 g/mol. The SMILES string of the molecule is CCCC(C=O)OCc1cccc(-c2c(C)cc3occ(C=O)c3c2C)c1. The average molecular weight is 364 g/mol. The minimum absolute atomic E-state index is 0.362. The number of furan rings is 1.